The molecule has 1 fully saturated rings. The normalized spacial score (nSPS) is 19.7. The van der Waals surface area contributed by atoms with Gasteiger partial charge in [0.05, 0.1) is 9.93 Å². The van der Waals surface area contributed by atoms with Gasteiger partial charge in [-0.25, -0.2) is 13.4 Å². The number of benzene rings is 2. The van der Waals surface area contributed by atoms with Crippen molar-refractivity contribution in [3.63, 3.8) is 0 Å². The lowest BCUT2D eigenvalue weighted by molar-refractivity contribution is 0.100. The van der Waals surface area contributed by atoms with Gasteiger partial charge in [-0.15, -0.1) is 0 Å². The van der Waals surface area contributed by atoms with E-state index < -0.39 is 15.9 Å². The monoisotopic (exact) mass is 494 g/mol. The van der Waals surface area contributed by atoms with Crippen LogP contribution in [-0.4, -0.2) is 48.3 Å². The third-order valence-electron chi connectivity index (χ3n) is 6.05. The quantitative estimate of drug-likeness (QED) is 0.636. The number of carbonyl (C=O) groups excluding carboxylic acids is 1. The van der Waals surface area contributed by atoms with E-state index in [1.165, 1.54) is 28.6 Å². The number of piperidine rings is 1. The Balaban J connectivity index is 1.46. The zero-order valence-corrected chi connectivity index (χ0v) is 20.0. The van der Waals surface area contributed by atoms with Crippen LogP contribution in [0.2, 0.25) is 0 Å². The molecule has 0 radical (unpaired) electrons. The van der Waals surface area contributed by atoms with Crippen molar-refractivity contribution in [2.75, 3.05) is 13.1 Å². The molecule has 5 rings (SSSR count). The molecule has 34 heavy (non-hydrogen) atoms. The number of nitrogens with zero attached hydrogens (tertiary/aromatic N) is 4. The first kappa shape index (κ1) is 22.7. The summed E-state index contributed by atoms with van der Waals surface area (Å²) in [4.78, 5) is 24.1. The van der Waals surface area contributed by atoms with Gasteiger partial charge in [0.15, 0.2) is 5.84 Å². The van der Waals surface area contributed by atoms with Crippen LogP contribution in [0.25, 0.3) is 0 Å². The van der Waals surface area contributed by atoms with Crippen LogP contribution in [0.1, 0.15) is 40.7 Å². The van der Waals surface area contributed by atoms with E-state index >= 15 is 0 Å². The summed E-state index contributed by atoms with van der Waals surface area (Å²) in [5, 5.41) is 0.590. The van der Waals surface area contributed by atoms with Gasteiger partial charge in [-0.2, -0.15) is 9.30 Å². The van der Waals surface area contributed by atoms with E-state index in [0.717, 1.165) is 30.4 Å². The number of fused-ring (bicyclic) bond motifs is 2. The Labute approximate surface area is 203 Å². The van der Waals surface area contributed by atoms with Gasteiger partial charge >= 0.3 is 0 Å². The summed E-state index contributed by atoms with van der Waals surface area (Å²) >= 11 is 6.16. The zero-order valence-electron chi connectivity index (χ0n) is 18.4. The smallest absolute Gasteiger partial charge is 0.279 e. The van der Waals surface area contributed by atoms with Crippen molar-refractivity contribution < 1.29 is 13.2 Å². The number of rotatable bonds is 3. The predicted molar refractivity (Wildman–Crippen MR) is 132 cm³/mol. The van der Waals surface area contributed by atoms with Crippen molar-refractivity contribution >= 4 is 39.2 Å². The van der Waals surface area contributed by atoms with Crippen LogP contribution in [-0.2, 0) is 16.6 Å². The molecule has 0 spiro atoms. The summed E-state index contributed by atoms with van der Waals surface area (Å²) in [5.41, 5.74) is 2.03. The van der Waals surface area contributed by atoms with E-state index in [9.17, 15) is 13.2 Å². The van der Waals surface area contributed by atoms with E-state index in [1.54, 1.807) is 18.4 Å². The summed E-state index contributed by atoms with van der Waals surface area (Å²) in [7, 11) is -3.56. The fourth-order valence-corrected chi connectivity index (χ4v) is 5.93. The maximum Gasteiger partial charge on any atom is 0.279 e. The fourth-order valence-electron chi connectivity index (χ4n) is 4.23. The minimum absolute atomic E-state index is 0.185. The van der Waals surface area contributed by atoms with Crippen LogP contribution in [0.5, 0.6) is 0 Å². The predicted octanol–water partition coefficient (Wildman–Crippen LogP) is 4.31. The van der Waals surface area contributed by atoms with Crippen LogP contribution >= 0.6 is 11.6 Å². The molecule has 0 N–H and O–H groups in total. The molecule has 1 saturated heterocycles. The maximum atomic E-state index is 13.0. The second-order valence-electron chi connectivity index (χ2n) is 8.33. The largest absolute Gasteiger partial charge is 0.327 e. The highest BCUT2D eigenvalue weighted by molar-refractivity contribution is 7.89. The molecule has 3 aliphatic rings. The van der Waals surface area contributed by atoms with Crippen LogP contribution in [0.4, 0.5) is 0 Å². The van der Waals surface area contributed by atoms with Crippen LogP contribution in [0, 0.1) is 0 Å². The standard InChI is InChI=1S/C25H23ClN4O3S/c26-20-10-13-23-27-24(22-7-3-2-6-19(22)16-29(23)17-20)28-25(31)18-8-11-21(12-9-18)34(32,33)30-14-4-1-5-15-30/h2-3,6-13,17H,1,4-5,14-16H2. The lowest BCUT2D eigenvalue weighted by Gasteiger charge is -2.25. The number of halogens is 1. The Morgan fingerprint density at radius 2 is 1.71 bits per heavy atom. The summed E-state index contributed by atoms with van der Waals surface area (Å²) < 4.78 is 27.3. The molecule has 3 aliphatic heterocycles. The Hall–Kier alpha value is -3.07. The molecule has 0 saturated carbocycles. The Morgan fingerprint density at radius 1 is 0.971 bits per heavy atom. The van der Waals surface area contributed by atoms with Crippen molar-refractivity contribution in [3.8, 4) is 0 Å². The fraction of sp³-hybridized carbons (Fsp3) is 0.240. The average molecular weight is 495 g/mol. The summed E-state index contributed by atoms with van der Waals surface area (Å²) in [5.74, 6) is 0.451. The molecule has 0 unspecified atom stereocenters. The van der Waals surface area contributed by atoms with Gasteiger partial charge in [-0.1, -0.05) is 42.3 Å². The van der Waals surface area contributed by atoms with Gasteiger partial charge in [0.2, 0.25) is 10.0 Å². The molecule has 2 aromatic carbocycles. The molecule has 0 aliphatic carbocycles. The number of aliphatic imine (C=N–C) groups is 2. The number of allylic oxidation sites excluding steroid dienone is 2. The number of sulfonamides is 1. The molecule has 0 aromatic heterocycles. The summed E-state index contributed by atoms with van der Waals surface area (Å²) in [6.45, 7) is 1.61. The minimum Gasteiger partial charge on any atom is -0.327 e. The zero-order chi connectivity index (χ0) is 23.7. The summed E-state index contributed by atoms with van der Waals surface area (Å²) in [6, 6.07) is 13.6. The van der Waals surface area contributed by atoms with E-state index in [4.69, 9.17) is 11.6 Å². The summed E-state index contributed by atoms with van der Waals surface area (Å²) in [6.07, 6.45) is 8.10. The molecule has 0 bridgehead atoms. The molecule has 2 aromatic rings. The van der Waals surface area contributed by atoms with Crippen molar-refractivity contribution in [3.05, 3.63) is 88.6 Å². The van der Waals surface area contributed by atoms with Gasteiger partial charge in [-0.3, -0.25) is 4.79 Å². The van der Waals surface area contributed by atoms with Gasteiger partial charge < -0.3 is 4.90 Å². The second-order valence-corrected chi connectivity index (χ2v) is 10.7. The average Bonchev–Trinajstić information content (AvgIpc) is 3.00. The first-order chi connectivity index (χ1) is 16.4. The molecule has 1 amide bonds. The van der Waals surface area contributed by atoms with Gasteiger partial charge in [0.25, 0.3) is 5.91 Å². The van der Waals surface area contributed by atoms with E-state index in [2.05, 4.69) is 9.98 Å². The Kier molecular flexibility index (Phi) is 6.20. The van der Waals surface area contributed by atoms with Crippen LogP contribution < -0.4 is 0 Å². The highest BCUT2D eigenvalue weighted by Crippen LogP contribution is 2.24. The Morgan fingerprint density at radius 3 is 2.47 bits per heavy atom. The third kappa shape index (κ3) is 4.49. The van der Waals surface area contributed by atoms with Crippen LogP contribution in [0.15, 0.2) is 86.8 Å². The molecule has 0 atom stereocenters. The lowest BCUT2D eigenvalue weighted by Crippen LogP contribution is -2.35. The molecule has 9 heteroatoms. The van der Waals surface area contributed by atoms with E-state index in [1.807, 2.05) is 29.2 Å². The highest BCUT2D eigenvalue weighted by atomic mass is 35.5. The molecule has 3 heterocycles. The molecular formula is C25H23ClN4O3S. The van der Waals surface area contributed by atoms with Crippen molar-refractivity contribution in [1.82, 2.24) is 9.21 Å². The molecule has 174 valence electrons. The van der Waals surface area contributed by atoms with Gasteiger partial charge in [0, 0.05) is 37.0 Å². The Bertz CT molecular complexity index is 1350. The van der Waals surface area contributed by atoms with Crippen molar-refractivity contribution in [2.24, 2.45) is 9.98 Å². The molecular weight excluding hydrogens is 472 g/mol. The highest BCUT2D eigenvalue weighted by Gasteiger charge is 2.26. The minimum atomic E-state index is -3.56. The van der Waals surface area contributed by atoms with E-state index in [0.29, 0.717) is 41.9 Å². The maximum absolute atomic E-state index is 13.0. The van der Waals surface area contributed by atoms with Gasteiger partial charge in [0.1, 0.15) is 5.84 Å². The van der Waals surface area contributed by atoms with Crippen LogP contribution in [0.3, 0.4) is 0 Å². The van der Waals surface area contributed by atoms with E-state index in [-0.39, 0.29) is 4.90 Å². The number of amides is 1. The molecule has 7 nitrogen and oxygen atoms in total. The number of hydrogen-bond acceptors (Lipinski definition) is 4. The third-order valence-corrected chi connectivity index (χ3v) is 8.18. The van der Waals surface area contributed by atoms with Crippen molar-refractivity contribution in [1.29, 1.82) is 0 Å². The van der Waals surface area contributed by atoms with Crippen molar-refractivity contribution in [2.45, 2.75) is 30.7 Å². The number of carbonyl (C=O) groups is 1. The first-order valence-corrected chi connectivity index (χ1v) is 13.0. The lowest BCUT2D eigenvalue weighted by atomic mass is 10.1. The SMILES string of the molecule is O=C(N=C1N=C2C=CC(Cl)=CN2Cc2ccccc21)c1ccc(S(=O)(=O)N2CCCCC2)cc1. The first-order valence-electron chi connectivity index (χ1n) is 11.1. The number of hydrogen-bond donors (Lipinski definition) is 0. The van der Waals surface area contributed by atoms with Gasteiger partial charge in [-0.05, 0) is 54.8 Å². The second kappa shape index (κ2) is 9.29. The topological polar surface area (TPSA) is 82.4 Å². The number of amidine groups is 2.